The number of piperidine rings is 2. The van der Waals surface area contributed by atoms with Crippen molar-refractivity contribution in [3.8, 4) is 0 Å². The molecule has 2 aliphatic heterocycles. The van der Waals surface area contributed by atoms with Crippen molar-refractivity contribution in [1.29, 1.82) is 0 Å². The highest BCUT2D eigenvalue weighted by Gasteiger charge is 2.35. The molecule has 0 aromatic carbocycles. The summed E-state index contributed by atoms with van der Waals surface area (Å²) in [4.78, 5) is 90.7. The number of carbonyl (C=O) groups is 4. The van der Waals surface area contributed by atoms with Crippen LogP contribution in [-0.2, 0) is 0 Å². The largest absolute Gasteiger partial charge is 0.396 e. The molecule has 12 aromatic heterocycles. The number of carbonyl (C=O) groups excluding carboxylic acids is 4. The third-order valence-corrected chi connectivity index (χ3v) is 21.9. The molecule has 4 saturated carbocycles. The number of anilines is 8. The lowest BCUT2D eigenvalue weighted by atomic mass is 9.99. The molecule has 10 N–H and O–H groups in total. The first-order valence-corrected chi connectivity index (χ1v) is 40.0. The third kappa shape index (κ3) is 18.5. The molecule has 32 heteroatoms. The molecule has 4 atom stereocenters. The Morgan fingerprint density at radius 1 is 0.400 bits per heavy atom. The van der Waals surface area contributed by atoms with Crippen LogP contribution < -0.4 is 41.7 Å². The number of nitrogens with one attached hydrogen (secondary N) is 6. The lowest BCUT2D eigenvalue weighted by Crippen LogP contribution is -2.42. The maximum absolute atomic E-state index is 12.8. The molecule has 4 aliphatic carbocycles. The van der Waals surface area contributed by atoms with E-state index in [1.54, 1.807) is 116 Å². The summed E-state index contributed by atoms with van der Waals surface area (Å²) in [5.74, 6) is 6.43. The number of hydrogen-bond donors (Lipinski definition) is 10. The Hall–Kier alpha value is -12.0. The van der Waals surface area contributed by atoms with Crippen molar-refractivity contribution in [3.63, 3.8) is 0 Å². The van der Waals surface area contributed by atoms with Gasteiger partial charge in [0.1, 0.15) is 46.5 Å². The number of pyridine rings is 4. The van der Waals surface area contributed by atoms with E-state index in [1.807, 2.05) is 64.6 Å². The van der Waals surface area contributed by atoms with Crippen LogP contribution in [0.25, 0.3) is 22.6 Å². The molecule has 6 fully saturated rings. The van der Waals surface area contributed by atoms with Gasteiger partial charge in [-0.1, -0.05) is 27.7 Å². The van der Waals surface area contributed by atoms with Gasteiger partial charge in [0.05, 0.1) is 85.0 Å². The van der Waals surface area contributed by atoms with Crippen LogP contribution in [0, 0.1) is 11.8 Å². The predicted octanol–water partition coefficient (Wildman–Crippen LogP) is 11.0. The van der Waals surface area contributed by atoms with Crippen LogP contribution >= 0.6 is 0 Å². The first kappa shape index (κ1) is 78.3. The van der Waals surface area contributed by atoms with Crippen LogP contribution in [0.3, 0.4) is 0 Å². The van der Waals surface area contributed by atoms with Gasteiger partial charge in [-0.05, 0) is 180 Å². The van der Waals surface area contributed by atoms with Gasteiger partial charge in [0.15, 0.2) is 22.6 Å². The van der Waals surface area contributed by atoms with Crippen LogP contribution in [0.5, 0.6) is 0 Å². The highest BCUT2D eigenvalue weighted by molar-refractivity contribution is 6.06. The van der Waals surface area contributed by atoms with Gasteiger partial charge in [-0.25, -0.2) is 19.9 Å². The molecule has 32 nitrogen and oxygen atoms in total. The molecular weight excluding hydrogens is 1460 g/mol. The summed E-state index contributed by atoms with van der Waals surface area (Å²) in [6.07, 6.45) is 36.3. The summed E-state index contributed by atoms with van der Waals surface area (Å²) in [7, 11) is 0. The molecule has 12 aromatic rings. The van der Waals surface area contributed by atoms with Crippen molar-refractivity contribution in [1.82, 2.24) is 78.3 Å². The molecule has 6 aliphatic rings. The molecule has 14 heterocycles. The van der Waals surface area contributed by atoms with Gasteiger partial charge >= 0.3 is 0 Å². The minimum Gasteiger partial charge on any atom is -0.396 e. The van der Waals surface area contributed by atoms with Crippen molar-refractivity contribution in [2.45, 2.75) is 172 Å². The Labute approximate surface area is 664 Å². The second-order valence-corrected chi connectivity index (χ2v) is 31.0. The smallest absolute Gasteiger partial charge is 0.258 e. The minimum absolute atomic E-state index is 0.00333. The Morgan fingerprint density at radius 3 is 1.00 bits per heavy atom. The summed E-state index contributed by atoms with van der Waals surface area (Å²) >= 11 is 0. The van der Waals surface area contributed by atoms with Crippen molar-refractivity contribution in [2.75, 3.05) is 81.2 Å². The topological polar surface area (TPSA) is 400 Å². The number of hydrogen-bond acceptors (Lipinski definition) is 24. The van der Waals surface area contributed by atoms with Crippen LogP contribution in [0.15, 0.2) is 147 Å². The fourth-order valence-electron chi connectivity index (χ4n) is 14.6. The fraction of sp³-hybridized carbons (Fsp3) is 0.422. The Balaban J connectivity index is 0.000000121. The summed E-state index contributed by atoms with van der Waals surface area (Å²) in [5.41, 5.74) is 9.41. The zero-order chi connectivity index (χ0) is 79.6. The van der Waals surface area contributed by atoms with Crippen LogP contribution in [0.4, 0.5) is 46.5 Å². The predicted molar refractivity (Wildman–Crippen MR) is 436 cm³/mol. The molecule has 18 rings (SSSR count). The SMILES string of the molecule is CC(C)[C@@H](CO)Nc1cc(NC(=O)c2cccnc2)n2ncc(C3CC3)c2n1.CC(C)[C@H](CO)Nc1cc(NC(=O)c2cccnc2)n2ncc(C3CC3)c2n1.O=C(Nc1cc(N2CCCCC2CCO)nc2c(C3CC3)cnn12)c1cccnc1.O=C(Nc1cc(N2CCCCC2CO)nc2c(C3CC3)cnn12)c1cccnc1. The van der Waals surface area contributed by atoms with E-state index in [-0.39, 0.29) is 86.1 Å². The average molecular weight is 1560 g/mol. The molecular formula is C83H98N24O8. The van der Waals surface area contributed by atoms with Gasteiger partial charge in [-0.2, -0.15) is 38.5 Å². The highest BCUT2D eigenvalue weighted by Crippen LogP contribution is 2.46. The second kappa shape index (κ2) is 35.6. The van der Waals surface area contributed by atoms with E-state index < -0.39 is 0 Å². The summed E-state index contributed by atoms with van der Waals surface area (Å²) in [6.45, 7) is 10.1. The van der Waals surface area contributed by atoms with E-state index >= 15 is 0 Å². The van der Waals surface area contributed by atoms with Crippen LogP contribution in [-0.4, -0.2) is 186 Å². The maximum Gasteiger partial charge on any atom is 0.258 e. The van der Waals surface area contributed by atoms with Crippen molar-refractivity contribution in [2.24, 2.45) is 11.8 Å². The van der Waals surface area contributed by atoms with Crippen molar-refractivity contribution in [3.05, 3.63) is 192 Å². The van der Waals surface area contributed by atoms with Gasteiger partial charge in [-0.3, -0.25) is 39.1 Å². The van der Waals surface area contributed by atoms with Crippen LogP contribution in [0.2, 0.25) is 0 Å². The van der Waals surface area contributed by atoms with E-state index in [0.29, 0.717) is 80.8 Å². The monoisotopic (exact) mass is 1560 g/mol. The molecule has 2 unspecified atom stereocenters. The van der Waals surface area contributed by atoms with E-state index in [1.165, 1.54) is 12.4 Å². The number of aliphatic hydroxyl groups excluding tert-OH is 4. The van der Waals surface area contributed by atoms with E-state index in [4.69, 9.17) is 19.9 Å². The zero-order valence-electron chi connectivity index (χ0n) is 65.0. The average Bonchev–Trinajstić information content (AvgIpc) is 1.62. The van der Waals surface area contributed by atoms with Gasteiger partial charge in [-0.15, -0.1) is 0 Å². The van der Waals surface area contributed by atoms with Crippen LogP contribution in [0.1, 0.15) is 211 Å². The van der Waals surface area contributed by atoms with Gasteiger partial charge in [0.25, 0.3) is 23.6 Å². The Bertz CT molecular complexity index is 5200. The maximum atomic E-state index is 12.8. The lowest BCUT2D eigenvalue weighted by Gasteiger charge is -2.36. The number of aliphatic hydroxyl groups is 4. The molecule has 4 amide bonds. The number of amides is 4. The van der Waals surface area contributed by atoms with Crippen molar-refractivity contribution >= 4 is 92.8 Å². The summed E-state index contributed by atoms with van der Waals surface area (Å²) in [5, 5.41) is 75.0. The van der Waals surface area contributed by atoms with E-state index in [9.17, 15) is 39.6 Å². The first-order chi connectivity index (χ1) is 56.1. The Kier molecular flexibility index (Phi) is 24.2. The first-order valence-electron chi connectivity index (χ1n) is 40.0. The normalized spacial score (nSPS) is 17.2. The zero-order valence-corrected chi connectivity index (χ0v) is 65.0. The number of rotatable bonds is 25. The van der Waals surface area contributed by atoms with Crippen molar-refractivity contribution < 1.29 is 39.6 Å². The molecule has 0 radical (unpaired) electrons. The van der Waals surface area contributed by atoms with Gasteiger partial charge in [0.2, 0.25) is 0 Å². The number of aromatic nitrogens is 16. The minimum atomic E-state index is -0.266. The lowest BCUT2D eigenvalue weighted by molar-refractivity contribution is 0.101. The molecule has 2 saturated heterocycles. The summed E-state index contributed by atoms with van der Waals surface area (Å²) in [6, 6.07) is 21.1. The fourth-order valence-corrected chi connectivity index (χ4v) is 14.6. The van der Waals surface area contributed by atoms with E-state index in [2.05, 4.69) is 82.0 Å². The van der Waals surface area contributed by atoms with E-state index in [0.717, 1.165) is 166 Å². The number of fused-ring (bicyclic) bond motifs is 4. The number of nitrogens with zero attached hydrogens (tertiary/aromatic N) is 18. The third-order valence-electron chi connectivity index (χ3n) is 21.9. The summed E-state index contributed by atoms with van der Waals surface area (Å²) < 4.78 is 6.77. The molecule has 598 valence electrons. The van der Waals surface area contributed by atoms with Gasteiger partial charge < -0.3 is 62.1 Å². The standard InChI is InChI=1S/C22H26N6O2.C21H24N6O2.2C20H24N6O2/c29-11-8-17-5-1-2-10-27(17)19-12-20(26-22(30)16-4-3-9-23-13-16)28-21(25-19)18(14-24-28)15-6-7-15;28-13-16-5-1-2-9-26(16)18-10-19(25-21(29)15-4-3-8-22-11-15)27-20(24-18)17(12-23-27)14-6-7-14;2*1-12(2)16(11-27)23-17-8-18(25-20(28)14-4-3-7-21-9-14)26-19(24-17)15(10-22-26)13-5-6-13/h3-4,9,12-15,17,29H,1-2,5-8,10-11H2,(H,26,30);3-4,8,10-12,14,16,28H,1-2,5-7,9,13H2,(H,25,29);2*3-4,7-10,12-13,16,27H,5-6,11H2,1-2H3,(H,23,24)(H,25,28)/t;;2*16-/m..10/s1. The molecule has 0 spiro atoms. The quantitative estimate of drug-likeness (QED) is 0.0254. The van der Waals surface area contributed by atoms with Gasteiger partial charge in [0, 0.05) is 122 Å². The second-order valence-electron chi connectivity index (χ2n) is 31.0. The highest BCUT2D eigenvalue weighted by atomic mass is 16.3. The molecule has 0 bridgehead atoms. The molecule has 115 heavy (non-hydrogen) atoms. The Morgan fingerprint density at radius 2 is 0.713 bits per heavy atom.